The largest absolute Gasteiger partial charge is 0.327 e. The van der Waals surface area contributed by atoms with Crippen LogP contribution in [0.25, 0.3) is 11.1 Å². The van der Waals surface area contributed by atoms with Gasteiger partial charge in [-0.2, -0.15) is 0 Å². The standard InChI is InChI=1S/C31H24BrN/c32-26-15-13-25(14-16-26)31(19-7-2-8-20-31)33(27-10-3-1-4-11-27)28-17-18-30-24(22-28)21-23-9-5-6-12-29(23)30/h1-19,22H,20-21H2. The predicted octanol–water partition coefficient (Wildman–Crippen LogP) is 8.57. The van der Waals surface area contributed by atoms with E-state index in [1.807, 2.05) is 0 Å². The molecule has 2 aliphatic rings. The molecule has 2 heteroatoms. The highest BCUT2D eigenvalue weighted by atomic mass is 79.9. The average Bonchev–Trinajstić information content (AvgIpc) is 3.24. The maximum atomic E-state index is 3.62. The van der Waals surface area contributed by atoms with E-state index in [4.69, 9.17) is 0 Å². The molecule has 0 radical (unpaired) electrons. The van der Waals surface area contributed by atoms with Crippen molar-refractivity contribution < 1.29 is 0 Å². The molecular formula is C31H24BrN. The summed E-state index contributed by atoms with van der Waals surface area (Å²) in [5, 5.41) is 0. The first kappa shape index (κ1) is 20.3. The van der Waals surface area contributed by atoms with Crippen LogP contribution in [0.4, 0.5) is 11.4 Å². The Kier molecular flexibility index (Phi) is 5.04. The Morgan fingerprint density at radius 1 is 0.667 bits per heavy atom. The van der Waals surface area contributed by atoms with Gasteiger partial charge in [-0.15, -0.1) is 0 Å². The molecule has 33 heavy (non-hydrogen) atoms. The summed E-state index contributed by atoms with van der Waals surface area (Å²) in [6.07, 6.45) is 10.9. The third-order valence-corrected chi connectivity index (χ3v) is 7.37. The van der Waals surface area contributed by atoms with Crippen molar-refractivity contribution >= 4 is 27.3 Å². The molecule has 0 bridgehead atoms. The molecular weight excluding hydrogens is 466 g/mol. The maximum absolute atomic E-state index is 3.62. The lowest BCUT2D eigenvalue weighted by Gasteiger charge is -2.45. The molecule has 0 fully saturated rings. The molecule has 2 aliphatic carbocycles. The topological polar surface area (TPSA) is 3.24 Å². The Labute approximate surface area is 203 Å². The molecule has 0 heterocycles. The summed E-state index contributed by atoms with van der Waals surface area (Å²) in [6, 6.07) is 35.3. The third-order valence-electron chi connectivity index (χ3n) is 6.84. The fraction of sp³-hybridized carbons (Fsp3) is 0.0968. The quantitative estimate of drug-likeness (QED) is 0.244. The minimum atomic E-state index is -0.309. The lowest BCUT2D eigenvalue weighted by atomic mass is 9.81. The molecule has 160 valence electrons. The summed E-state index contributed by atoms with van der Waals surface area (Å²) in [6.45, 7) is 0. The van der Waals surface area contributed by atoms with E-state index in [1.165, 1.54) is 39.2 Å². The van der Waals surface area contributed by atoms with Crippen LogP contribution in [0.15, 0.2) is 126 Å². The van der Waals surface area contributed by atoms with Crippen molar-refractivity contribution in [2.75, 3.05) is 4.90 Å². The highest BCUT2D eigenvalue weighted by Gasteiger charge is 2.38. The van der Waals surface area contributed by atoms with Crippen molar-refractivity contribution in [1.29, 1.82) is 0 Å². The monoisotopic (exact) mass is 489 g/mol. The van der Waals surface area contributed by atoms with Gasteiger partial charge in [0.2, 0.25) is 0 Å². The number of hydrogen-bond donors (Lipinski definition) is 0. The van der Waals surface area contributed by atoms with Gasteiger partial charge in [-0.3, -0.25) is 0 Å². The third kappa shape index (κ3) is 3.46. The first-order valence-corrected chi connectivity index (χ1v) is 12.2. The van der Waals surface area contributed by atoms with Crippen LogP contribution in [0.1, 0.15) is 23.1 Å². The number of halogens is 1. The first-order valence-electron chi connectivity index (χ1n) is 11.4. The molecule has 1 atom stereocenters. The molecule has 6 rings (SSSR count). The molecule has 1 nitrogen and oxygen atoms in total. The second-order valence-electron chi connectivity index (χ2n) is 8.77. The Morgan fingerprint density at radius 2 is 1.42 bits per heavy atom. The van der Waals surface area contributed by atoms with Crippen molar-refractivity contribution in [3.05, 3.63) is 143 Å². The van der Waals surface area contributed by atoms with Crippen LogP contribution >= 0.6 is 15.9 Å². The fourth-order valence-corrected chi connectivity index (χ4v) is 5.58. The Balaban J connectivity index is 1.55. The lowest BCUT2D eigenvalue weighted by molar-refractivity contribution is 0.547. The van der Waals surface area contributed by atoms with Crippen LogP contribution in [-0.4, -0.2) is 0 Å². The minimum absolute atomic E-state index is 0.309. The number of benzene rings is 4. The van der Waals surface area contributed by atoms with E-state index in [0.717, 1.165) is 17.3 Å². The van der Waals surface area contributed by atoms with Crippen LogP contribution in [0, 0.1) is 0 Å². The molecule has 0 spiro atoms. The number of hydrogen-bond acceptors (Lipinski definition) is 1. The Bertz CT molecular complexity index is 1370. The van der Waals surface area contributed by atoms with Gasteiger partial charge in [0.25, 0.3) is 0 Å². The zero-order chi connectivity index (χ0) is 22.3. The second-order valence-corrected chi connectivity index (χ2v) is 9.68. The molecule has 4 aromatic carbocycles. The summed E-state index contributed by atoms with van der Waals surface area (Å²) >= 11 is 3.62. The second kappa shape index (κ2) is 8.20. The Morgan fingerprint density at radius 3 is 2.21 bits per heavy atom. The summed E-state index contributed by atoms with van der Waals surface area (Å²) in [5.41, 5.74) is 8.92. The van der Waals surface area contributed by atoms with Gasteiger partial charge in [0.15, 0.2) is 0 Å². The molecule has 4 aromatic rings. The normalized spacial score (nSPS) is 18.1. The van der Waals surface area contributed by atoms with Crippen molar-refractivity contribution in [2.45, 2.75) is 18.4 Å². The molecule has 0 amide bonds. The summed E-state index contributed by atoms with van der Waals surface area (Å²) in [7, 11) is 0. The van der Waals surface area contributed by atoms with Gasteiger partial charge in [-0.1, -0.05) is 101 Å². The summed E-state index contributed by atoms with van der Waals surface area (Å²) in [4.78, 5) is 2.51. The van der Waals surface area contributed by atoms with E-state index in [1.54, 1.807) is 0 Å². The lowest BCUT2D eigenvalue weighted by Crippen LogP contribution is -2.42. The smallest absolute Gasteiger partial charge is 0.0923 e. The van der Waals surface area contributed by atoms with E-state index in [2.05, 4.69) is 142 Å². The van der Waals surface area contributed by atoms with Crippen LogP contribution in [-0.2, 0) is 12.0 Å². The van der Waals surface area contributed by atoms with Crippen molar-refractivity contribution in [3.8, 4) is 11.1 Å². The van der Waals surface area contributed by atoms with Gasteiger partial charge in [0.05, 0.1) is 5.54 Å². The van der Waals surface area contributed by atoms with Crippen LogP contribution in [0.3, 0.4) is 0 Å². The van der Waals surface area contributed by atoms with Gasteiger partial charge in [-0.25, -0.2) is 0 Å². The number of rotatable bonds is 4. The summed E-state index contributed by atoms with van der Waals surface area (Å²) in [5.74, 6) is 0. The van der Waals surface area contributed by atoms with E-state index >= 15 is 0 Å². The highest BCUT2D eigenvalue weighted by Crippen LogP contribution is 2.47. The van der Waals surface area contributed by atoms with Gasteiger partial charge < -0.3 is 4.90 Å². The molecule has 0 saturated carbocycles. The van der Waals surface area contributed by atoms with Crippen LogP contribution in [0.2, 0.25) is 0 Å². The average molecular weight is 490 g/mol. The number of para-hydroxylation sites is 1. The molecule has 0 aromatic heterocycles. The van der Waals surface area contributed by atoms with Crippen molar-refractivity contribution in [1.82, 2.24) is 0 Å². The SMILES string of the molecule is Brc1ccc(C2(N(c3ccccc3)c3ccc4c(c3)Cc3ccccc3-4)C=CC=CC2)cc1. The van der Waals surface area contributed by atoms with Gasteiger partial charge >= 0.3 is 0 Å². The van der Waals surface area contributed by atoms with Crippen LogP contribution < -0.4 is 4.90 Å². The van der Waals surface area contributed by atoms with E-state index < -0.39 is 0 Å². The zero-order valence-corrected chi connectivity index (χ0v) is 19.9. The molecule has 0 aliphatic heterocycles. The van der Waals surface area contributed by atoms with Crippen molar-refractivity contribution in [3.63, 3.8) is 0 Å². The van der Waals surface area contributed by atoms with E-state index in [0.29, 0.717) is 0 Å². The van der Waals surface area contributed by atoms with E-state index in [9.17, 15) is 0 Å². The number of anilines is 2. The molecule has 1 unspecified atom stereocenters. The number of nitrogens with zero attached hydrogens (tertiary/aromatic N) is 1. The molecule has 0 saturated heterocycles. The van der Waals surface area contributed by atoms with Gasteiger partial charge in [0, 0.05) is 15.8 Å². The number of fused-ring (bicyclic) bond motifs is 3. The molecule has 0 N–H and O–H groups in total. The van der Waals surface area contributed by atoms with E-state index in [-0.39, 0.29) is 5.54 Å². The minimum Gasteiger partial charge on any atom is -0.327 e. The zero-order valence-electron chi connectivity index (χ0n) is 18.3. The van der Waals surface area contributed by atoms with Crippen LogP contribution in [0.5, 0.6) is 0 Å². The Hall–Kier alpha value is -3.36. The predicted molar refractivity (Wildman–Crippen MR) is 142 cm³/mol. The maximum Gasteiger partial charge on any atom is 0.0923 e. The number of allylic oxidation sites excluding steroid dienone is 2. The first-order chi connectivity index (χ1) is 16.2. The van der Waals surface area contributed by atoms with Crippen molar-refractivity contribution in [2.24, 2.45) is 0 Å². The van der Waals surface area contributed by atoms with Gasteiger partial charge in [0.1, 0.15) is 0 Å². The highest BCUT2D eigenvalue weighted by molar-refractivity contribution is 9.10. The van der Waals surface area contributed by atoms with Gasteiger partial charge in [-0.05, 0) is 77.1 Å². The fourth-order valence-electron chi connectivity index (χ4n) is 5.31. The summed E-state index contributed by atoms with van der Waals surface area (Å²) < 4.78 is 1.10.